The highest BCUT2D eigenvalue weighted by Crippen LogP contribution is 2.27. The third-order valence-electron chi connectivity index (χ3n) is 3.33. The molecule has 0 amide bonds. The van der Waals surface area contributed by atoms with Crippen molar-refractivity contribution in [3.05, 3.63) is 40.4 Å². The first-order valence-electron chi connectivity index (χ1n) is 6.70. The molecule has 0 unspecified atom stereocenters. The second-order valence-electron chi connectivity index (χ2n) is 5.07. The van der Waals surface area contributed by atoms with Crippen molar-refractivity contribution in [2.45, 2.75) is 32.0 Å². The molecule has 5 nitrogen and oxygen atoms in total. The van der Waals surface area contributed by atoms with E-state index in [0.717, 1.165) is 28.6 Å². The van der Waals surface area contributed by atoms with Crippen LogP contribution in [-0.2, 0) is 20.2 Å². The lowest BCUT2D eigenvalue weighted by Crippen LogP contribution is -2.15. The van der Waals surface area contributed by atoms with Gasteiger partial charge < -0.3 is 14.6 Å². The minimum atomic E-state index is 0.411. The molecule has 1 aromatic carbocycles. The van der Waals surface area contributed by atoms with Gasteiger partial charge >= 0.3 is 0 Å². The standard InChI is InChI=1S/C14H17BrN4O/c1-19-9-17-18-14(19)8-20-13-5-2-10(6-12(13)15)7-16-11-3-4-11/h2,5-6,9,11,16H,3-4,7-8H2,1H3. The third kappa shape index (κ3) is 3.37. The summed E-state index contributed by atoms with van der Waals surface area (Å²) in [6.45, 7) is 1.32. The molecule has 0 spiro atoms. The Morgan fingerprint density at radius 1 is 1.45 bits per heavy atom. The molecule has 1 fully saturated rings. The lowest BCUT2D eigenvalue weighted by atomic mass is 10.2. The Bertz CT molecular complexity index is 595. The van der Waals surface area contributed by atoms with E-state index < -0.39 is 0 Å². The summed E-state index contributed by atoms with van der Waals surface area (Å²) < 4.78 is 8.58. The van der Waals surface area contributed by atoms with Crippen LogP contribution >= 0.6 is 15.9 Å². The smallest absolute Gasteiger partial charge is 0.170 e. The van der Waals surface area contributed by atoms with Gasteiger partial charge in [0.1, 0.15) is 18.7 Å². The van der Waals surface area contributed by atoms with Crippen molar-refractivity contribution >= 4 is 15.9 Å². The van der Waals surface area contributed by atoms with Crippen LogP contribution in [0.5, 0.6) is 5.75 Å². The van der Waals surface area contributed by atoms with Crippen molar-refractivity contribution < 1.29 is 4.74 Å². The van der Waals surface area contributed by atoms with Crippen molar-refractivity contribution in [2.24, 2.45) is 7.05 Å². The van der Waals surface area contributed by atoms with Crippen LogP contribution in [0.1, 0.15) is 24.2 Å². The minimum Gasteiger partial charge on any atom is -0.484 e. The van der Waals surface area contributed by atoms with Gasteiger partial charge in [-0.2, -0.15) is 0 Å². The molecule has 3 rings (SSSR count). The number of aromatic nitrogens is 3. The number of hydrogen-bond acceptors (Lipinski definition) is 4. The number of rotatable bonds is 6. The Labute approximate surface area is 126 Å². The van der Waals surface area contributed by atoms with E-state index in [4.69, 9.17) is 4.74 Å². The van der Waals surface area contributed by atoms with Gasteiger partial charge in [0.25, 0.3) is 0 Å². The third-order valence-corrected chi connectivity index (χ3v) is 3.95. The Kier molecular flexibility index (Phi) is 4.03. The summed E-state index contributed by atoms with van der Waals surface area (Å²) in [5, 5.41) is 11.3. The first-order chi connectivity index (χ1) is 9.72. The van der Waals surface area contributed by atoms with E-state index in [1.54, 1.807) is 6.33 Å². The minimum absolute atomic E-state index is 0.411. The van der Waals surface area contributed by atoms with Crippen molar-refractivity contribution in [3.8, 4) is 5.75 Å². The van der Waals surface area contributed by atoms with Crippen molar-refractivity contribution in [3.63, 3.8) is 0 Å². The maximum atomic E-state index is 5.76. The van der Waals surface area contributed by atoms with Crippen LogP contribution in [0.15, 0.2) is 29.0 Å². The van der Waals surface area contributed by atoms with E-state index in [2.05, 4.69) is 43.6 Å². The molecule has 0 aliphatic heterocycles. The van der Waals surface area contributed by atoms with Gasteiger partial charge in [-0.15, -0.1) is 10.2 Å². The van der Waals surface area contributed by atoms with E-state index in [1.807, 2.05) is 17.7 Å². The summed E-state index contributed by atoms with van der Waals surface area (Å²) in [4.78, 5) is 0. The molecule has 0 radical (unpaired) electrons. The van der Waals surface area contributed by atoms with E-state index in [1.165, 1.54) is 18.4 Å². The van der Waals surface area contributed by atoms with Gasteiger partial charge in [-0.05, 0) is 46.5 Å². The average molecular weight is 337 g/mol. The number of aryl methyl sites for hydroxylation is 1. The summed E-state index contributed by atoms with van der Waals surface area (Å²) in [5.74, 6) is 1.62. The molecule has 1 aliphatic rings. The molecular weight excluding hydrogens is 320 g/mol. The van der Waals surface area contributed by atoms with Gasteiger partial charge in [0.05, 0.1) is 4.47 Å². The molecule has 0 bridgehead atoms. The molecule has 20 heavy (non-hydrogen) atoms. The lowest BCUT2D eigenvalue weighted by Gasteiger charge is -2.10. The van der Waals surface area contributed by atoms with Crippen LogP contribution in [0.2, 0.25) is 0 Å². The predicted octanol–water partition coefficient (Wildman–Crippen LogP) is 2.41. The highest BCUT2D eigenvalue weighted by Gasteiger charge is 2.20. The number of ether oxygens (including phenoxy) is 1. The van der Waals surface area contributed by atoms with Crippen molar-refractivity contribution in [1.82, 2.24) is 20.1 Å². The SMILES string of the molecule is Cn1cnnc1COc1ccc(CNC2CC2)cc1Br. The van der Waals surface area contributed by atoms with Crippen LogP contribution in [0, 0.1) is 0 Å². The molecule has 0 atom stereocenters. The molecule has 1 N–H and O–H groups in total. The highest BCUT2D eigenvalue weighted by molar-refractivity contribution is 9.10. The number of halogens is 1. The molecule has 0 saturated heterocycles. The van der Waals surface area contributed by atoms with Gasteiger partial charge in [-0.1, -0.05) is 6.07 Å². The number of hydrogen-bond donors (Lipinski definition) is 1. The first-order valence-corrected chi connectivity index (χ1v) is 7.49. The van der Waals surface area contributed by atoms with Gasteiger partial charge in [-0.3, -0.25) is 0 Å². The van der Waals surface area contributed by atoms with Crippen molar-refractivity contribution in [2.75, 3.05) is 0 Å². The fourth-order valence-electron chi connectivity index (χ4n) is 1.90. The van der Waals surface area contributed by atoms with Crippen LogP contribution in [0.4, 0.5) is 0 Å². The zero-order valence-corrected chi connectivity index (χ0v) is 12.9. The second kappa shape index (κ2) is 5.93. The topological polar surface area (TPSA) is 52.0 Å². The van der Waals surface area contributed by atoms with Gasteiger partial charge in [0.2, 0.25) is 0 Å². The van der Waals surface area contributed by atoms with Crippen LogP contribution in [-0.4, -0.2) is 20.8 Å². The first kappa shape index (κ1) is 13.6. The van der Waals surface area contributed by atoms with E-state index in [9.17, 15) is 0 Å². The Morgan fingerprint density at radius 2 is 2.30 bits per heavy atom. The second-order valence-corrected chi connectivity index (χ2v) is 5.92. The zero-order chi connectivity index (χ0) is 13.9. The Hall–Kier alpha value is -1.40. The van der Waals surface area contributed by atoms with Crippen LogP contribution < -0.4 is 10.1 Å². The predicted molar refractivity (Wildman–Crippen MR) is 79.3 cm³/mol. The van der Waals surface area contributed by atoms with E-state index in [-0.39, 0.29) is 0 Å². The summed E-state index contributed by atoms with van der Waals surface area (Å²) in [6.07, 6.45) is 4.28. The molecule has 1 saturated carbocycles. The molecule has 1 aliphatic carbocycles. The highest BCUT2D eigenvalue weighted by atomic mass is 79.9. The summed E-state index contributed by atoms with van der Waals surface area (Å²) in [6, 6.07) is 6.90. The van der Waals surface area contributed by atoms with E-state index >= 15 is 0 Å². The average Bonchev–Trinajstić information content (AvgIpc) is 3.18. The van der Waals surface area contributed by atoms with Gasteiger partial charge in [-0.25, -0.2) is 0 Å². The number of nitrogens with one attached hydrogen (secondary N) is 1. The Morgan fingerprint density at radius 3 is 2.95 bits per heavy atom. The quantitative estimate of drug-likeness (QED) is 0.880. The lowest BCUT2D eigenvalue weighted by molar-refractivity contribution is 0.289. The molecular formula is C14H17BrN4O. The van der Waals surface area contributed by atoms with Crippen molar-refractivity contribution in [1.29, 1.82) is 0 Å². The molecule has 106 valence electrons. The van der Waals surface area contributed by atoms with Gasteiger partial charge in [0, 0.05) is 19.6 Å². The van der Waals surface area contributed by atoms with Crippen LogP contribution in [0.25, 0.3) is 0 Å². The molecule has 2 aromatic rings. The largest absolute Gasteiger partial charge is 0.484 e. The molecule has 6 heteroatoms. The maximum Gasteiger partial charge on any atom is 0.170 e. The Balaban J connectivity index is 1.60. The summed E-state index contributed by atoms with van der Waals surface area (Å²) >= 11 is 3.56. The zero-order valence-electron chi connectivity index (χ0n) is 11.3. The maximum absolute atomic E-state index is 5.76. The van der Waals surface area contributed by atoms with Crippen LogP contribution in [0.3, 0.4) is 0 Å². The molecule has 1 aromatic heterocycles. The fraction of sp³-hybridized carbons (Fsp3) is 0.429. The van der Waals surface area contributed by atoms with Gasteiger partial charge in [0.15, 0.2) is 5.82 Å². The number of benzene rings is 1. The fourth-order valence-corrected chi connectivity index (χ4v) is 2.44. The summed E-state index contributed by atoms with van der Waals surface area (Å²) in [7, 11) is 1.90. The normalized spacial score (nSPS) is 14.5. The molecule has 1 heterocycles. The summed E-state index contributed by atoms with van der Waals surface area (Å²) in [5.41, 5.74) is 1.26. The monoisotopic (exact) mass is 336 g/mol. The number of nitrogens with zero attached hydrogens (tertiary/aromatic N) is 3. The van der Waals surface area contributed by atoms with E-state index in [0.29, 0.717) is 6.61 Å².